The normalized spacial score (nSPS) is 29.7. The molecule has 10 nitrogen and oxygen atoms in total. The van der Waals surface area contributed by atoms with E-state index >= 15 is 4.39 Å². The second-order valence-electron chi connectivity index (χ2n) is 10.5. The third-order valence-corrected chi connectivity index (χ3v) is 9.12. The summed E-state index contributed by atoms with van der Waals surface area (Å²) in [5.74, 6) is -0.373. The molecule has 2 N–H and O–H groups in total. The van der Waals surface area contributed by atoms with E-state index in [1.165, 1.54) is 11.3 Å². The van der Waals surface area contributed by atoms with Gasteiger partial charge in [0.25, 0.3) is 5.56 Å². The van der Waals surface area contributed by atoms with Gasteiger partial charge in [0.15, 0.2) is 12.1 Å². The van der Waals surface area contributed by atoms with Gasteiger partial charge in [0.1, 0.15) is 11.8 Å². The van der Waals surface area contributed by atoms with Crippen LogP contribution in [0.3, 0.4) is 0 Å². The molecule has 3 aliphatic rings. The first-order chi connectivity index (χ1) is 18.2. The van der Waals surface area contributed by atoms with Crippen molar-refractivity contribution in [2.75, 3.05) is 25.1 Å². The molecule has 12 heteroatoms. The van der Waals surface area contributed by atoms with Crippen molar-refractivity contribution in [1.82, 2.24) is 19.4 Å². The summed E-state index contributed by atoms with van der Waals surface area (Å²) in [6, 6.07) is 2.12. The SMILES string of the molecule is Cc1c(-c2nc(N[C@@H]3C[C@H]4CO[C@H](O4)[C@H]3O)ncc2F)sc2cc(CN3[C@@H](C)COC[C@@H]3C)n(C)c(=O)c12. The van der Waals surface area contributed by atoms with Crippen molar-refractivity contribution in [3.63, 3.8) is 0 Å². The maximum absolute atomic E-state index is 15.1. The molecule has 0 spiro atoms. The van der Waals surface area contributed by atoms with Crippen LogP contribution < -0.4 is 10.9 Å². The van der Waals surface area contributed by atoms with Gasteiger partial charge in [-0.3, -0.25) is 9.69 Å². The lowest BCUT2D eigenvalue weighted by Crippen LogP contribution is -2.49. The number of aromatic nitrogens is 3. The molecule has 6 heterocycles. The summed E-state index contributed by atoms with van der Waals surface area (Å²) >= 11 is 1.35. The van der Waals surface area contributed by atoms with Crippen LogP contribution in [0.1, 0.15) is 31.5 Å². The number of rotatable bonds is 5. The molecule has 3 aliphatic heterocycles. The number of ether oxygens (including phenoxy) is 3. The zero-order valence-electron chi connectivity index (χ0n) is 21.8. The van der Waals surface area contributed by atoms with E-state index in [0.717, 1.165) is 16.6 Å². The van der Waals surface area contributed by atoms with E-state index in [0.29, 0.717) is 48.6 Å². The molecular formula is C26H32FN5O5S. The van der Waals surface area contributed by atoms with E-state index in [1.807, 2.05) is 13.0 Å². The smallest absolute Gasteiger partial charge is 0.259 e. The molecule has 38 heavy (non-hydrogen) atoms. The molecule has 0 aliphatic carbocycles. The number of morpholine rings is 1. The standard InChI is InChI=1S/C26H32FN5O5S/c1-12-9-35-10-13(2)32(12)8-15-5-19-20(24(34)31(15)4)14(3)23(38-19)21-17(27)7-28-26(30-21)29-18-6-16-11-36-25(37-16)22(18)33/h5,7,12-13,16,18,22,25,33H,6,8-11H2,1-4H3,(H,28,29,30)/t12-,13-,16-,18+,22-,25+/m0/s1. The average molecular weight is 546 g/mol. The van der Waals surface area contributed by atoms with E-state index in [9.17, 15) is 9.90 Å². The van der Waals surface area contributed by atoms with Crippen molar-refractivity contribution in [3.8, 4) is 10.6 Å². The van der Waals surface area contributed by atoms with E-state index in [-0.39, 0.29) is 41.4 Å². The van der Waals surface area contributed by atoms with Gasteiger partial charge in [0, 0.05) is 36.1 Å². The Morgan fingerprint density at radius 2 is 2.03 bits per heavy atom. The Balaban J connectivity index is 1.34. The second-order valence-corrected chi connectivity index (χ2v) is 11.6. The summed E-state index contributed by atoms with van der Waals surface area (Å²) < 4.78 is 34.2. The number of fused-ring (bicyclic) bond motifs is 3. The molecular weight excluding hydrogens is 513 g/mol. The molecule has 3 saturated heterocycles. The van der Waals surface area contributed by atoms with E-state index < -0.39 is 18.2 Å². The van der Waals surface area contributed by atoms with Crippen LogP contribution in [0.15, 0.2) is 17.1 Å². The van der Waals surface area contributed by atoms with Crippen LogP contribution in [0.4, 0.5) is 10.3 Å². The number of aryl methyl sites for hydroxylation is 1. The van der Waals surface area contributed by atoms with Crippen LogP contribution >= 0.6 is 11.3 Å². The number of anilines is 1. The number of hydrogen-bond acceptors (Lipinski definition) is 10. The Morgan fingerprint density at radius 1 is 1.26 bits per heavy atom. The minimum absolute atomic E-state index is 0.111. The van der Waals surface area contributed by atoms with Crippen molar-refractivity contribution in [3.05, 3.63) is 39.7 Å². The lowest BCUT2D eigenvalue weighted by molar-refractivity contribution is -0.156. The highest BCUT2D eigenvalue weighted by Gasteiger charge is 2.43. The van der Waals surface area contributed by atoms with Gasteiger partial charge in [-0.05, 0) is 38.8 Å². The van der Waals surface area contributed by atoms with Gasteiger partial charge >= 0.3 is 0 Å². The molecule has 0 amide bonds. The number of aliphatic hydroxyl groups is 1. The van der Waals surface area contributed by atoms with Crippen molar-refractivity contribution in [1.29, 1.82) is 0 Å². The lowest BCUT2D eigenvalue weighted by atomic mass is 10.0. The lowest BCUT2D eigenvalue weighted by Gasteiger charge is -2.38. The minimum Gasteiger partial charge on any atom is -0.386 e. The number of pyridine rings is 1. The highest BCUT2D eigenvalue weighted by atomic mass is 32.1. The fourth-order valence-electron chi connectivity index (χ4n) is 5.65. The zero-order chi connectivity index (χ0) is 26.7. The van der Waals surface area contributed by atoms with Gasteiger partial charge in [-0.25, -0.2) is 14.4 Å². The molecule has 3 aromatic rings. The molecule has 0 radical (unpaired) electrons. The monoisotopic (exact) mass is 545 g/mol. The fourth-order valence-corrected chi connectivity index (χ4v) is 6.90. The van der Waals surface area contributed by atoms with Gasteiger partial charge in [-0.2, -0.15) is 0 Å². The average Bonchev–Trinajstić information content (AvgIpc) is 3.45. The number of aliphatic hydroxyl groups excluding tert-OH is 1. The van der Waals surface area contributed by atoms with Gasteiger partial charge in [0.2, 0.25) is 5.95 Å². The molecule has 3 fully saturated rings. The summed E-state index contributed by atoms with van der Waals surface area (Å²) in [4.78, 5) is 25.0. The fraction of sp³-hybridized carbons (Fsp3) is 0.577. The number of halogens is 1. The number of nitrogens with zero attached hydrogens (tertiary/aromatic N) is 4. The molecule has 6 atom stereocenters. The molecule has 6 rings (SSSR count). The number of thiophene rings is 1. The zero-order valence-corrected chi connectivity index (χ0v) is 22.6. The summed E-state index contributed by atoms with van der Waals surface area (Å²) in [6.07, 6.45) is -0.0510. The van der Waals surface area contributed by atoms with Crippen molar-refractivity contribution < 1.29 is 23.7 Å². The summed E-state index contributed by atoms with van der Waals surface area (Å²) in [7, 11) is 1.78. The van der Waals surface area contributed by atoms with E-state index in [1.54, 1.807) is 11.6 Å². The maximum atomic E-state index is 15.1. The third-order valence-electron chi connectivity index (χ3n) is 7.87. The van der Waals surface area contributed by atoms with Crippen LogP contribution in [-0.4, -0.2) is 81.0 Å². The first-order valence-corrected chi connectivity index (χ1v) is 13.7. The summed E-state index contributed by atoms with van der Waals surface area (Å²) in [5, 5.41) is 14.2. The molecule has 2 bridgehead atoms. The summed E-state index contributed by atoms with van der Waals surface area (Å²) in [6.45, 7) is 8.44. The van der Waals surface area contributed by atoms with Crippen molar-refractivity contribution >= 4 is 27.4 Å². The topological polar surface area (TPSA) is 111 Å². The number of hydrogen-bond donors (Lipinski definition) is 2. The molecule has 204 valence electrons. The van der Waals surface area contributed by atoms with Crippen molar-refractivity contribution in [2.24, 2.45) is 7.05 Å². The highest BCUT2D eigenvalue weighted by Crippen LogP contribution is 2.38. The summed E-state index contributed by atoms with van der Waals surface area (Å²) in [5.41, 5.74) is 1.60. The predicted molar refractivity (Wildman–Crippen MR) is 141 cm³/mol. The quantitative estimate of drug-likeness (QED) is 0.499. The van der Waals surface area contributed by atoms with Gasteiger partial charge in [-0.1, -0.05) is 0 Å². The first kappa shape index (κ1) is 25.8. The van der Waals surface area contributed by atoms with Crippen molar-refractivity contribution in [2.45, 2.75) is 70.4 Å². The van der Waals surface area contributed by atoms with Crippen LogP contribution in [0.2, 0.25) is 0 Å². The molecule has 3 aromatic heterocycles. The van der Waals surface area contributed by atoms with Crippen LogP contribution in [-0.2, 0) is 27.8 Å². The molecule has 0 saturated carbocycles. The molecule has 0 unspecified atom stereocenters. The van der Waals surface area contributed by atoms with Gasteiger partial charge in [0.05, 0.1) is 48.4 Å². The van der Waals surface area contributed by atoms with E-state index in [2.05, 4.69) is 34.0 Å². The Kier molecular flexibility index (Phi) is 6.73. The predicted octanol–water partition coefficient (Wildman–Crippen LogP) is 2.40. The second kappa shape index (κ2) is 9.92. The van der Waals surface area contributed by atoms with Gasteiger partial charge in [-0.15, -0.1) is 11.3 Å². The van der Waals surface area contributed by atoms with Crippen LogP contribution in [0, 0.1) is 12.7 Å². The van der Waals surface area contributed by atoms with Gasteiger partial charge < -0.3 is 29.2 Å². The largest absolute Gasteiger partial charge is 0.386 e. The Bertz CT molecular complexity index is 1420. The third kappa shape index (κ3) is 4.42. The van der Waals surface area contributed by atoms with Crippen LogP contribution in [0.5, 0.6) is 0 Å². The Labute approximate surface area is 223 Å². The first-order valence-electron chi connectivity index (χ1n) is 12.9. The van der Waals surface area contributed by atoms with Crippen LogP contribution in [0.25, 0.3) is 20.7 Å². The minimum atomic E-state index is -0.893. The Hall–Kier alpha value is -2.48. The Morgan fingerprint density at radius 3 is 2.79 bits per heavy atom. The highest BCUT2D eigenvalue weighted by molar-refractivity contribution is 7.22. The number of nitrogens with one attached hydrogen (secondary N) is 1. The molecule has 0 aromatic carbocycles. The van der Waals surface area contributed by atoms with E-state index in [4.69, 9.17) is 14.2 Å². The maximum Gasteiger partial charge on any atom is 0.259 e.